The Hall–Kier alpha value is -2.41. The largest absolute Gasteiger partial charge is 0.386 e. The fourth-order valence-electron chi connectivity index (χ4n) is 3.61. The van der Waals surface area contributed by atoms with E-state index in [2.05, 4.69) is 15.0 Å². The van der Waals surface area contributed by atoms with Crippen LogP contribution < -0.4 is 4.90 Å². The molecule has 140 valence electrons. The predicted molar refractivity (Wildman–Crippen MR) is 100 cm³/mol. The molecule has 0 bridgehead atoms. The minimum absolute atomic E-state index is 0.00564. The van der Waals surface area contributed by atoms with Gasteiger partial charge in [-0.3, -0.25) is 9.48 Å². The van der Waals surface area contributed by atoms with Crippen molar-refractivity contribution in [1.82, 2.24) is 19.7 Å². The van der Waals surface area contributed by atoms with Crippen LogP contribution in [0.15, 0.2) is 24.4 Å². The minimum Gasteiger partial charge on any atom is -0.386 e. The Bertz CT molecular complexity index is 789. The Morgan fingerprint density at radius 1 is 1.38 bits per heavy atom. The number of anilines is 1. The summed E-state index contributed by atoms with van der Waals surface area (Å²) in [7, 11) is 3.64. The van der Waals surface area contributed by atoms with Crippen molar-refractivity contribution in [2.75, 3.05) is 31.6 Å². The molecule has 1 amide bonds. The van der Waals surface area contributed by atoms with Crippen LogP contribution in [0.2, 0.25) is 0 Å². The van der Waals surface area contributed by atoms with Crippen LogP contribution in [0.3, 0.4) is 0 Å². The molecule has 1 aliphatic heterocycles. The van der Waals surface area contributed by atoms with Crippen molar-refractivity contribution >= 4 is 11.7 Å². The molecule has 0 aromatic carbocycles. The highest BCUT2D eigenvalue weighted by Gasteiger charge is 2.38. The molecule has 1 saturated heterocycles. The van der Waals surface area contributed by atoms with E-state index in [9.17, 15) is 9.90 Å². The van der Waals surface area contributed by atoms with Crippen molar-refractivity contribution in [3.63, 3.8) is 0 Å². The Labute approximate surface area is 154 Å². The van der Waals surface area contributed by atoms with E-state index in [1.165, 1.54) is 0 Å². The third kappa shape index (κ3) is 3.72. The van der Waals surface area contributed by atoms with Gasteiger partial charge in [-0.15, -0.1) is 0 Å². The number of hydrogen-bond acceptors (Lipinski definition) is 5. The first-order valence-electron chi connectivity index (χ1n) is 8.90. The number of rotatable bonds is 5. The van der Waals surface area contributed by atoms with Crippen LogP contribution in [-0.2, 0) is 18.3 Å². The lowest BCUT2D eigenvalue weighted by Crippen LogP contribution is -2.46. The van der Waals surface area contributed by atoms with Gasteiger partial charge >= 0.3 is 0 Å². The molecule has 7 heteroatoms. The second-order valence-corrected chi connectivity index (χ2v) is 7.28. The zero-order chi connectivity index (χ0) is 18.9. The lowest BCUT2D eigenvalue weighted by molar-refractivity contribution is -0.132. The van der Waals surface area contributed by atoms with Gasteiger partial charge < -0.3 is 14.9 Å². The SMILES string of the molecule is Cc1nn(C)c(C)c1CC(=O)N(C)CC1(O)CCN(c2ccccn2)C1. The number of aliphatic hydroxyl groups is 1. The topological polar surface area (TPSA) is 74.5 Å². The Morgan fingerprint density at radius 3 is 2.77 bits per heavy atom. The zero-order valence-corrected chi connectivity index (χ0v) is 15.9. The van der Waals surface area contributed by atoms with Crippen molar-refractivity contribution in [2.45, 2.75) is 32.3 Å². The van der Waals surface area contributed by atoms with Gasteiger partial charge in [0.1, 0.15) is 11.4 Å². The molecule has 1 N–H and O–H groups in total. The van der Waals surface area contributed by atoms with Crippen LogP contribution in [0, 0.1) is 13.8 Å². The maximum atomic E-state index is 12.7. The van der Waals surface area contributed by atoms with E-state index >= 15 is 0 Å². The average molecular weight is 357 g/mol. The monoisotopic (exact) mass is 357 g/mol. The van der Waals surface area contributed by atoms with Crippen molar-refractivity contribution in [1.29, 1.82) is 0 Å². The van der Waals surface area contributed by atoms with Gasteiger partial charge in [-0.2, -0.15) is 5.10 Å². The molecule has 0 aliphatic carbocycles. The fraction of sp³-hybridized carbons (Fsp3) is 0.526. The molecule has 1 aliphatic rings. The molecule has 26 heavy (non-hydrogen) atoms. The van der Waals surface area contributed by atoms with E-state index in [-0.39, 0.29) is 5.91 Å². The second kappa shape index (κ2) is 7.07. The first kappa shape index (κ1) is 18.4. The lowest BCUT2D eigenvalue weighted by Gasteiger charge is -2.29. The van der Waals surface area contributed by atoms with Crippen LogP contribution in [0.5, 0.6) is 0 Å². The number of carbonyl (C=O) groups excluding carboxylic acids is 1. The summed E-state index contributed by atoms with van der Waals surface area (Å²) in [5.74, 6) is 0.855. The number of nitrogens with zero attached hydrogens (tertiary/aromatic N) is 5. The summed E-state index contributed by atoms with van der Waals surface area (Å²) in [6, 6.07) is 5.75. The standard InChI is InChI=1S/C19H27N5O2/c1-14-16(15(2)23(4)21-14)11-18(25)22(3)12-19(26)8-10-24(13-19)17-7-5-6-9-20-17/h5-7,9,26H,8,10-13H2,1-4H3. The molecule has 0 saturated carbocycles. The van der Waals surface area contributed by atoms with E-state index < -0.39 is 5.60 Å². The summed E-state index contributed by atoms with van der Waals surface area (Å²) in [6.45, 7) is 5.42. The van der Waals surface area contributed by atoms with Gasteiger partial charge in [-0.1, -0.05) is 6.07 Å². The quantitative estimate of drug-likeness (QED) is 0.867. The number of carbonyl (C=O) groups is 1. The molecule has 0 radical (unpaired) electrons. The summed E-state index contributed by atoms with van der Waals surface area (Å²) in [4.78, 5) is 20.7. The highest BCUT2D eigenvalue weighted by Crippen LogP contribution is 2.26. The number of likely N-dealkylation sites (N-methyl/N-ethyl adjacent to an activating group) is 1. The van der Waals surface area contributed by atoms with E-state index in [1.807, 2.05) is 39.1 Å². The number of aryl methyl sites for hydroxylation is 2. The number of pyridine rings is 1. The molecule has 2 aromatic rings. The van der Waals surface area contributed by atoms with Gasteiger partial charge in [0.05, 0.1) is 18.7 Å². The van der Waals surface area contributed by atoms with Crippen LogP contribution in [-0.4, -0.2) is 63.0 Å². The first-order chi connectivity index (χ1) is 12.3. The van der Waals surface area contributed by atoms with Gasteiger partial charge in [0, 0.05) is 44.6 Å². The van der Waals surface area contributed by atoms with E-state index in [0.29, 0.717) is 25.9 Å². The number of hydrogen-bond donors (Lipinski definition) is 1. The van der Waals surface area contributed by atoms with Crippen molar-refractivity contribution in [2.24, 2.45) is 7.05 Å². The highest BCUT2D eigenvalue weighted by molar-refractivity contribution is 5.79. The molecule has 2 aromatic heterocycles. The van der Waals surface area contributed by atoms with E-state index in [4.69, 9.17) is 0 Å². The molecule has 3 rings (SSSR count). The number of aromatic nitrogens is 3. The smallest absolute Gasteiger partial charge is 0.226 e. The number of amides is 1. The summed E-state index contributed by atoms with van der Waals surface area (Å²) in [5.41, 5.74) is 1.94. The van der Waals surface area contributed by atoms with E-state index in [0.717, 1.165) is 29.3 Å². The van der Waals surface area contributed by atoms with Crippen molar-refractivity contribution in [3.05, 3.63) is 41.3 Å². The maximum Gasteiger partial charge on any atom is 0.226 e. The molecule has 7 nitrogen and oxygen atoms in total. The first-order valence-corrected chi connectivity index (χ1v) is 8.90. The summed E-state index contributed by atoms with van der Waals surface area (Å²) < 4.78 is 1.80. The second-order valence-electron chi connectivity index (χ2n) is 7.28. The molecule has 1 fully saturated rings. The van der Waals surface area contributed by atoms with Crippen LogP contribution in [0.25, 0.3) is 0 Å². The minimum atomic E-state index is -0.916. The van der Waals surface area contributed by atoms with Gasteiger partial charge in [0.15, 0.2) is 0 Å². The van der Waals surface area contributed by atoms with Crippen LogP contribution >= 0.6 is 0 Å². The van der Waals surface area contributed by atoms with Crippen molar-refractivity contribution < 1.29 is 9.90 Å². The van der Waals surface area contributed by atoms with Gasteiger partial charge in [-0.25, -0.2) is 4.98 Å². The molecular weight excluding hydrogens is 330 g/mol. The highest BCUT2D eigenvalue weighted by atomic mass is 16.3. The third-order valence-electron chi connectivity index (χ3n) is 5.25. The Kier molecular flexibility index (Phi) is 5.00. The lowest BCUT2D eigenvalue weighted by atomic mass is 10.0. The van der Waals surface area contributed by atoms with E-state index in [1.54, 1.807) is 22.8 Å². The van der Waals surface area contributed by atoms with Crippen molar-refractivity contribution in [3.8, 4) is 0 Å². The summed E-state index contributed by atoms with van der Waals surface area (Å²) in [5, 5.41) is 15.3. The zero-order valence-electron chi connectivity index (χ0n) is 15.9. The Balaban J connectivity index is 1.62. The fourth-order valence-corrected chi connectivity index (χ4v) is 3.61. The van der Waals surface area contributed by atoms with Crippen LogP contribution in [0.4, 0.5) is 5.82 Å². The predicted octanol–water partition coefficient (Wildman–Crippen LogP) is 1.07. The summed E-state index contributed by atoms with van der Waals surface area (Å²) in [6.07, 6.45) is 2.68. The van der Waals surface area contributed by atoms with Gasteiger partial charge in [0.25, 0.3) is 0 Å². The van der Waals surface area contributed by atoms with Gasteiger partial charge in [0.2, 0.25) is 5.91 Å². The van der Waals surface area contributed by atoms with Gasteiger partial charge in [-0.05, 0) is 32.4 Å². The third-order valence-corrected chi connectivity index (χ3v) is 5.25. The molecule has 1 atom stereocenters. The Morgan fingerprint density at radius 2 is 2.15 bits per heavy atom. The van der Waals surface area contributed by atoms with Crippen LogP contribution in [0.1, 0.15) is 23.4 Å². The molecular formula is C19H27N5O2. The molecule has 0 spiro atoms. The average Bonchev–Trinajstić information content (AvgIpc) is 3.11. The normalized spacial score (nSPS) is 19.8. The molecule has 3 heterocycles. The summed E-state index contributed by atoms with van der Waals surface area (Å²) >= 11 is 0. The maximum absolute atomic E-state index is 12.7. The number of β-amino-alcohol motifs (C(OH)–C–C–N with tert-alkyl or cyclic N) is 1. The molecule has 1 unspecified atom stereocenters.